The van der Waals surface area contributed by atoms with Crippen LogP contribution in [0.3, 0.4) is 0 Å². The fraction of sp³-hybridized carbons (Fsp3) is 0.400. The van der Waals surface area contributed by atoms with Gasteiger partial charge in [-0.2, -0.15) is 5.10 Å². The van der Waals surface area contributed by atoms with E-state index >= 15 is 0 Å². The largest absolute Gasteiger partial charge is 0.302 e. The number of benzene rings is 2. The molecule has 4 nitrogen and oxygen atoms in total. The summed E-state index contributed by atoms with van der Waals surface area (Å²) < 4.78 is 1.92. The van der Waals surface area contributed by atoms with Gasteiger partial charge in [-0.25, -0.2) is 4.68 Å². The molecule has 2 heterocycles. The molecule has 30 heavy (non-hydrogen) atoms. The third-order valence-corrected chi connectivity index (χ3v) is 6.40. The average Bonchev–Trinajstić information content (AvgIpc) is 3.28. The first kappa shape index (κ1) is 21.1. The third-order valence-electron chi connectivity index (χ3n) is 5.98. The summed E-state index contributed by atoms with van der Waals surface area (Å²) in [7, 11) is 2.20. The second kappa shape index (κ2) is 9.78. The van der Waals surface area contributed by atoms with Crippen molar-refractivity contribution in [3.05, 3.63) is 88.2 Å². The van der Waals surface area contributed by atoms with Crippen LogP contribution in [0.1, 0.15) is 28.8 Å². The van der Waals surface area contributed by atoms with Crippen molar-refractivity contribution in [1.29, 1.82) is 0 Å². The first-order valence-corrected chi connectivity index (χ1v) is 11.2. The van der Waals surface area contributed by atoms with E-state index in [9.17, 15) is 0 Å². The van der Waals surface area contributed by atoms with Crippen molar-refractivity contribution in [2.24, 2.45) is 5.92 Å². The summed E-state index contributed by atoms with van der Waals surface area (Å²) in [4.78, 5) is 4.98. The summed E-state index contributed by atoms with van der Waals surface area (Å²) in [5.41, 5.74) is 4.79. The lowest BCUT2D eigenvalue weighted by molar-refractivity contribution is 0.254. The van der Waals surface area contributed by atoms with E-state index in [2.05, 4.69) is 78.4 Å². The normalized spacial score (nSPS) is 17.1. The van der Waals surface area contributed by atoms with Crippen LogP contribution in [-0.4, -0.2) is 46.3 Å². The summed E-state index contributed by atoms with van der Waals surface area (Å²) in [5, 5.41) is 5.46. The van der Waals surface area contributed by atoms with Crippen LogP contribution in [0.4, 0.5) is 0 Å². The Morgan fingerprint density at radius 2 is 1.63 bits per heavy atom. The molecule has 0 N–H and O–H groups in total. The zero-order valence-corrected chi connectivity index (χ0v) is 18.7. The number of likely N-dealkylation sites (tertiary alicyclic amines) is 1. The number of halogens is 1. The third kappa shape index (κ3) is 5.31. The molecule has 4 rings (SSSR count). The average molecular weight is 423 g/mol. The van der Waals surface area contributed by atoms with Crippen LogP contribution in [0.2, 0.25) is 5.15 Å². The van der Waals surface area contributed by atoms with Crippen molar-refractivity contribution in [3.8, 4) is 0 Å². The minimum atomic E-state index is 0.706. The zero-order chi connectivity index (χ0) is 20.9. The van der Waals surface area contributed by atoms with Crippen molar-refractivity contribution in [1.82, 2.24) is 19.6 Å². The Bertz CT molecular complexity index is 939. The molecule has 5 heteroatoms. The molecule has 1 aliphatic heterocycles. The molecule has 0 aliphatic carbocycles. The van der Waals surface area contributed by atoms with Gasteiger partial charge in [-0.05, 0) is 44.0 Å². The maximum absolute atomic E-state index is 6.72. The van der Waals surface area contributed by atoms with Gasteiger partial charge >= 0.3 is 0 Å². The fourth-order valence-corrected chi connectivity index (χ4v) is 4.75. The Kier molecular flexibility index (Phi) is 6.88. The molecule has 1 fully saturated rings. The highest BCUT2D eigenvalue weighted by Gasteiger charge is 2.24. The van der Waals surface area contributed by atoms with E-state index in [1.165, 1.54) is 30.6 Å². The van der Waals surface area contributed by atoms with E-state index < -0.39 is 0 Å². The number of rotatable bonds is 8. The highest BCUT2D eigenvalue weighted by molar-refractivity contribution is 6.30. The molecule has 1 aromatic heterocycles. The van der Waals surface area contributed by atoms with Crippen LogP contribution in [0.5, 0.6) is 0 Å². The SMILES string of the molecule is Cc1nn(Cc2ccccc2)c(Cl)c1CN(C)C[C@H]1CCN(Cc2ccccc2)C1. The van der Waals surface area contributed by atoms with E-state index in [1.54, 1.807) is 0 Å². The van der Waals surface area contributed by atoms with E-state index in [1.807, 2.05) is 10.7 Å². The van der Waals surface area contributed by atoms with Gasteiger partial charge in [-0.15, -0.1) is 0 Å². The molecule has 0 unspecified atom stereocenters. The van der Waals surface area contributed by atoms with E-state index in [-0.39, 0.29) is 0 Å². The summed E-state index contributed by atoms with van der Waals surface area (Å²) in [6.45, 7) is 8.11. The maximum Gasteiger partial charge on any atom is 0.132 e. The molecule has 0 bridgehead atoms. The molecule has 0 spiro atoms. The lowest BCUT2D eigenvalue weighted by Crippen LogP contribution is -2.28. The summed E-state index contributed by atoms with van der Waals surface area (Å²) >= 11 is 6.72. The number of aromatic nitrogens is 2. The first-order valence-electron chi connectivity index (χ1n) is 10.8. The molecule has 0 radical (unpaired) electrons. The molecule has 2 aromatic carbocycles. The van der Waals surface area contributed by atoms with Crippen molar-refractivity contribution >= 4 is 11.6 Å². The molecule has 1 aliphatic rings. The lowest BCUT2D eigenvalue weighted by atomic mass is 10.1. The fourth-order valence-electron chi connectivity index (χ4n) is 4.45. The van der Waals surface area contributed by atoms with Gasteiger partial charge < -0.3 is 4.90 Å². The van der Waals surface area contributed by atoms with Crippen molar-refractivity contribution in [2.75, 3.05) is 26.7 Å². The highest BCUT2D eigenvalue weighted by atomic mass is 35.5. The Balaban J connectivity index is 1.31. The highest BCUT2D eigenvalue weighted by Crippen LogP contribution is 2.24. The Morgan fingerprint density at radius 3 is 2.30 bits per heavy atom. The van der Waals surface area contributed by atoms with Crippen LogP contribution in [-0.2, 0) is 19.6 Å². The monoisotopic (exact) mass is 422 g/mol. The molecule has 158 valence electrons. The molecule has 1 saturated heterocycles. The number of hydrogen-bond donors (Lipinski definition) is 0. The second-order valence-electron chi connectivity index (χ2n) is 8.57. The van der Waals surface area contributed by atoms with Gasteiger partial charge in [0.1, 0.15) is 5.15 Å². The lowest BCUT2D eigenvalue weighted by Gasteiger charge is -2.21. The topological polar surface area (TPSA) is 24.3 Å². The van der Waals surface area contributed by atoms with Gasteiger partial charge in [-0.3, -0.25) is 4.90 Å². The number of nitrogens with zero attached hydrogens (tertiary/aromatic N) is 4. The van der Waals surface area contributed by atoms with E-state index in [4.69, 9.17) is 16.7 Å². The molecule has 1 atom stereocenters. The molecular weight excluding hydrogens is 392 g/mol. The molecule has 0 amide bonds. The quantitative estimate of drug-likeness (QED) is 0.518. The van der Waals surface area contributed by atoms with Crippen molar-refractivity contribution in [3.63, 3.8) is 0 Å². The van der Waals surface area contributed by atoms with Crippen LogP contribution >= 0.6 is 11.6 Å². The van der Waals surface area contributed by atoms with Crippen LogP contribution in [0.15, 0.2) is 60.7 Å². The minimum absolute atomic E-state index is 0.706. The second-order valence-corrected chi connectivity index (χ2v) is 8.93. The van der Waals surface area contributed by atoms with Crippen molar-refractivity contribution in [2.45, 2.75) is 33.0 Å². The molecule has 3 aromatic rings. The smallest absolute Gasteiger partial charge is 0.132 e. The van der Waals surface area contributed by atoms with E-state index in [0.29, 0.717) is 12.5 Å². The van der Waals surface area contributed by atoms with Gasteiger partial charge in [0.05, 0.1) is 12.2 Å². The van der Waals surface area contributed by atoms with Gasteiger partial charge in [0.2, 0.25) is 0 Å². The summed E-state index contributed by atoms with van der Waals surface area (Å²) in [6, 6.07) is 21.1. The van der Waals surface area contributed by atoms with Crippen LogP contribution in [0, 0.1) is 12.8 Å². The number of aryl methyl sites for hydroxylation is 1. The van der Waals surface area contributed by atoms with Gasteiger partial charge in [0, 0.05) is 31.7 Å². The zero-order valence-electron chi connectivity index (χ0n) is 18.0. The van der Waals surface area contributed by atoms with Crippen LogP contribution < -0.4 is 0 Å². The minimum Gasteiger partial charge on any atom is -0.302 e. The standard InChI is InChI=1S/C25H31ClN4/c1-20-24(25(26)30(27-20)18-22-11-7-4-8-12-22)19-28(2)15-23-13-14-29(17-23)16-21-9-5-3-6-10-21/h3-12,23H,13-19H2,1-2H3/t23-/m1/s1. The van der Waals surface area contributed by atoms with Crippen molar-refractivity contribution < 1.29 is 0 Å². The van der Waals surface area contributed by atoms with Gasteiger partial charge in [0.25, 0.3) is 0 Å². The predicted octanol–water partition coefficient (Wildman–Crippen LogP) is 4.85. The summed E-state index contributed by atoms with van der Waals surface area (Å²) in [5.74, 6) is 0.706. The van der Waals surface area contributed by atoms with Gasteiger partial charge in [0.15, 0.2) is 0 Å². The maximum atomic E-state index is 6.72. The Hall–Kier alpha value is -2.14. The predicted molar refractivity (Wildman–Crippen MR) is 124 cm³/mol. The van der Waals surface area contributed by atoms with Gasteiger partial charge in [-0.1, -0.05) is 72.3 Å². The first-order chi connectivity index (χ1) is 14.6. The molecule has 0 saturated carbocycles. The Labute approximate surface area is 185 Å². The Morgan fingerprint density at radius 1 is 1.00 bits per heavy atom. The number of hydrogen-bond acceptors (Lipinski definition) is 3. The molecular formula is C25H31ClN4. The van der Waals surface area contributed by atoms with E-state index in [0.717, 1.165) is 36.0 Å². The van der Waals surface area contributed by atoms with Crippen LogP contribution in [0.25, 0.3) is 0 Å². The summed E-state index contributed by atoms with van der Waals surface area (Å²) in [6.07, 6.45) is 1.26.